The molecule has 0 bridgehead atoms. The van der Waals surface area contributed by atoms with Crippen LogP contribution in [0.25, 0.3) is 0 Å². The molecule has 0 aromatic heterocycles. The van der Waals surface area contributed by atoms with Gasteiger partial charge in [-0.2, -0.15) is 0 Å². The first-order chi connectivity index (χ1) is 4.91. The SMILES string of the molecule is C=CCN.N1PNPNP1. The average Bonchev–Trinajstić information content (AvgIpc) is 2.08. The van der Waals surface area contributed by atoms with Crippen LogP contribution in [-0.2, 0) is 0 Å². The highest BCUT2D eigenvalue weighted by Crippen LogP contribution is 2.23. The molecular weight excluding hydrogens is 185 g/mol. The molecule has 10 heavy (non-hydrogen) atoms. The maximum Gasteiger partial charge on any atom is 0.0273 e. The largest absolute Gasteiger partial charge is 0.327 e. The van der Waals surface area contributed by atoms with Crippen molar-refractivity contribution in [2.24, 2.45) is 5.73 Å². The highest BCUT2D eigenvalue weighted by atomic mass is 31.2. The van der Waals surface area contributed by atoms with Crippen molar-refractivity contribution in [1.82, 2.24) is 14.6 Å². The Balaban J connectivity index is 0.000000180. The van der Waals surface area contributed by atoms with Gasteiger partial charge in [0, 0.05) is 33.2 Å². The molecule has 1 aliphatic rings. The van der Waals surface area contributed by atoms with Crippen molar-refractivity contribution in [2.45, 2.75) is 0 Å². The molecule has 0 aromatic carbocycles. The molecule has 4 nitrogen and oxygen atoms in total. The zero-order valence-electron chi connectivity index (χ0n) is 5.57. The molecule has 1 saturated heterocycles. The van der Waals surface area contributed by atoms with E-state index in [0.29, 0.717) is 6.54 Å². The Hall–Kier alpha value is 0.870. The van der Waals surface area contributed by atoms with Crippen LogP contribution in [0, 0.1) is 0 Å². The van der Waals surface area contributed by atoms with Gasteiger partial charge in [0.25, 0.3) is 0 Å². The Morgan fingerprint density at radius 2 is 1.50 bits per heavy atom. The van der Waals surface area contributed by atoms with E-state index < -0.39 is 0 Å². The fraction of sp³-hybridized carbons (Fsp3) is 0.333. The van der Waals surface area contributed by atoms with Gasteiger partial charge >= 0.3 is 0 Å². The zero-order chi connectivity index (χ0) is 7.66. The molecule has 0 atom stereocenters. The minimum Gasteiger partial charge on any atom is -0.327 e. The molecule has 1 heterocycles. The predicted molar refractivity (Wildman–Crippen MR) is 53.6 cm³/mol. The molecule has 1 aliphatic heterocycles. The van der Waals surface area contributed by atoms with Gasteiger partial charge < -0.3 is 5.73 Å². The van der Waals surface area contributed by atoms with E-state index in [9.17, 15) is 0 Å². The van der Waals surface area contributed by atoms with Gasteiger partial charge in [0.05, 0.1) is 0 Å². The minimum absolute atomic E-state index is 0.583. The molecule has 0 unspecified atom stereocenters. The quantitative estimate of drug-likeness (QED) is 0.364. The third-order valence-corrected chi connectivity index (χ3v) is 3.54. The molecule has 0 amide bonds. The molecule has 60 valence electrons. The molecule has 7 heteroatoms. The molecule has 0 saturated carbocycles. The number of nitrogens with two attached hydrogens (primary N) is 1. The third kappa shape index (κ3) is 8.87. The molecule has 0 spiro atoms. The van der Waals surface area contributed by atoms with Crippen LogP contribution in [0.4, 0.5) is 0 Å². The van der Waals surface area contributed by atoms with Crippen LogP contribution in [0.5, 0.6) is 0 Å². The average molecular weight is 198 g/mol. The van der Waals surface area contributed by atoms with Crippen molar-refractivity contribution in [3.8, 4) is 0 Å². The smallest absolute Gasteiger partial charge is 0.0273 e. The third-order valence-electron chi connectivity index (χ3n) is 0.542. The maximum atomic E-state index is 4.91. The van der Waals surface area contributed by atoms with Crippen LogP contribution in [0.3, 0.4) is 0 Å². The Labute approximate surface area is 66.9 Å². The van der Waals surface area contributed by atoms with Crippen LogP contribution >= 0.6 is 26.6 Å². The lowest BCUT2D eigenvalue weighted by Crippen LogP contribution is -2.07. The van der Waals surface area contributed by atoms with Crippen LogP contribution in [0.2, 0.25) is 0 Å². The number of nitrogens with one attached hydrogen (secondary N) is 3. The summed E-state index contributed by atoms with van der Waals surface area (Å²) < 4.78 is 0. The summed E-state index contributed by atoms with van der Waals surface area (Å²) in [6.07, 6.45) is 1.65. The second-order valence-corrected chi connectivity index (χ2v) is 5.02. The molecular formula is C3H13N4P3. The topological polar surface area (TPSA) is 62.1 Å². The van der Waals surface area contributed by atoms with E-state index in [1.54, 1.807) is 6.08 Å². The van der Waals surface area contributed by atoms with E-state index >= 15 is 0 Å². The van der Waals surface area contributed by atoms with Crippen LogP contribution in [0.1, 0.15) is 0 Å². The number of hydrogen-bond acceptors (Lipinski definition) is 4. The summed E-state index contributed by atoms with van der Waals surface area (Å²) >= 11 is 0. The second-order valence-electron chi connectivity index (χ2n) is 1.27. The van der Waals surface area contributed by atoms with E-state index in [4.69, 9.17) is 5.73 Å². The molecule has 0 radical (unpaired) electrons. The fourth-order valence-corrected chi connectivity index (χ4v) is 3.38. The van der Waals surface area contributed by atoms with Crippen LogP contribution < -0.4 is 20.3 Å². The minimum atomic E-state index is 0.583. The molecule has 0 aliphatic carbocycles. The molecule has 1 rings (SSSR count). The fourth-order valence-electron chi connectivity index (χ4n) is 0.188. The lowest BCUT2D eigenvalue weighted by atomic mass is 10.7. The molecule has 0 aromatic rings. The summed E-state index contributed by atoms with van der Waals surface area (Å²) in [6.45, 7) is 3.94. The Bertz CT molecular complexity index is 64.6. The van der Waals surface area contributed by atoms with E-state index in [1.165, 1.54) is 0 Å². The van der Waals surface area contributed by atoms with E-state index in [0.717, 1.165) is 26.6 Å². The monoisotopic (exact) mass is 198 g/mol. The van der Waals surface area contributed by atoms with Gasteiger partial charge in [0.2, 0.25) is 0 Å². The summed E-state index contributed by atoms with van der Waals surface area (Å²) in [4.78, 5) is 9.38. The van der Waals surface area contributed by atoms with Crippen molar-refractivity contribution in [3.05, 3.63) is 12.7 Å². The second kappa shape index (κ2) is 9.87. The van der Waals surface area contributed by atoms with Crippen molar-refractivity contribution in [2.75, 3.05) is 6.54 Å². The van der Waals surface area contributed by atoms with Gasteiger partial charge in [0.1, 0.15) is 0 Å². The highest BCUT2D eigenvalue weighted by molar-refractivity contribution is 7.65. The maximum absolute atomic E-state index is 4.91. The summed E-state index contributed by atoms with van der Waals surface area (Å²) in [6, 6.07) is 0. The molecule has 5 N–H and O–H groups in total. The lowest BCUT2D eigenvalue weighted by Gasteiger charge is -2.12. The van der Waals surface area contributed by atoms with E-state index in [1.807, 2.05) is 0 Å². The van der Waals surface area contributed by atoms with Crippen molar-refractivity contribution < 1.29 is 0 Å². The van der Waals surface area contributed by atoms with Gasteiger partial charge in [0.15, 0.2) is 0 Å². The standard InChI is InChI=1S/C3H7N.H6N3P3/c1-2-3-4;1-4-2-6-3-5-1/h2H,1,3-4H2;1-6H. The van der Waals surface area contributed by atoms with Crippen molar-refractivity contribution >= 4 is 26.6 Å². The Kier molecular flexibility index (Phi) is 10.7. The van der Waals surface area contributed by atoms with Gasteiger partial charge in [-0.15, -0.1) is 6.58 Å². The Morgan fingerprint density at radius 1 is 1.20 bits per heavy atom. The van der Waals surface area contributed by atoms with Crippen LogP contribution in [0.15, 0.2) is 12.7 Å². The van der Waals surface area contributed by atoms with Gasteiger partial charge in [-0.25, -0.2) is 0 Å². The molecule has 1 fully saturated rings. The first-order valence-corrected chi connectivity index (χ1v) is 5.72. The summed E-state index contributed by atoms with van der Waals surface area (Å²) in [5, 5.41) is 0. The van der Waals surface area contributed by atoms with Crippen molar-refractivity contribution in [1.29, 1.82) is 0 Å². The van der Waals surface area contributed by atoms with Crippen molar-refractivity contribution in [3.63, 3.8) is 0 Å². The van der Waals surface area contributed by atoms with Gasteiger partial charge in [-0.3, -0.25) is 14.6 Å². The summed E-state index contributed by atoms with van der Waals surface area (Å²) in [5.74, 6) is 0. The predicted octanol–water partition coefficient (Wildman–Crippen LogP) is 0.425. The number of rotatable bonds is 1. The summed E-state index contributed by atoms with van der Waals surface area (Å²) in [7, 11) is 2.29. The lowest BCUT2D eigenvalue weighted by molar-refractivity contribution is 1.26. The Morgan fingerprint density at radius 3 is 1.60 bits per heavy atom. The number of hydrogen-bond donors (Lipinski definition) is 4. The summed E-state index contributed by atoms with van der Waals surface area (Å²) in [5.41, 5.74) is 4.91. The van der Waals surface area contributed by atoms with E-state index in [2.05, 4.69) is 21.2 Å². The van der Waals surface area contributed by atoms with Gasteiger partial charge in [-0.05, 0) is 0 Å². The van der Waals surface area contributed by atoms with Gasteiger partial charge in [-0.1, -0.05) is 6.08 Å². The first kappa shape index (κ1) is 10.9. The normalized spacial score (nSPS) is 24.1. The van der Waals surface area contributed by atoms with E-state index in [-0.39, 0.29) is 0 Å². The van der Waals surface area contributed by atoms with Crippen LogP contribution in [-0.4, -0.2) is 6.54 Å². The first-order valence-electron chi connectivity index (χ1n) is 2.72. The highest BCUT2D eigenvalue weighted by Gasteiger charge is 1.89. The zero-order valence-corrected chi connectivity index (χ0v) is 8.57.